The van der Waals surface area contributed by atoms with Crippen molar-refractivity contribution in [3.05, 3.63) is 45.6 Å². The zero-order valence-electron chi connectivity index (χ0n) is 15.4. The van der Waals surface area contributed by atoms with E-state index in [-0.39, 0.29) is 0 Å². The molecule has 6 nitrogen and oxygen atoms in total. The molecule has 0 atom stereocenters. The zero-order chi connectivity index (χ0) is 18.3. The molecule has 0 radical (unpaired) electrons. The molecule has 0 unspecified atom stereocenters. The molecule has 0 aliphatic carbocycles. The molecule has 1 aliphatic rings. The standard InChI is InChI=1S/C19H23BrN6/c1-12-13(2)21-17-5-4-15(20)10-16(17)19(12)26-8-6-25(7-9-26)11-18-22-14(3)23-24-18/h4-5,10H,6-9,11H2,1-3H3,(H,22,23,24). The molecular weight excluding hydrogens is 392 g/mol. The van der Waals surface area contributed by atoms with Crippen molar-refractivity contribution in [3.63, 3.8) is 0 Å². The Kier molecular flexibility index (Phi) is 4.67. The Bertz CT molecular complexity index is 943. The molecule has 3 aromatic rings. The van der Waals surface area contributed by atoms with Gasteiger partial charge in [-0.15, -0.1) is 0 Å². The minimum atomic E-state index is 0.804. The van der Waals surface area contributed by atoms with E-state index in [1.54, 1.807) is 0 Å². The van der Waals surface area contributed by atoms with Gasteiger partial charge in [-0.3, -0.25) is 15.0 Å². The Morgan fingerprint density at radius 3 is 2.54 bits per heavy atom. The molecule has 3 heterocycles. The molecule has 4 rings (SSSR count). The summed E-state index contributed by atoms with van der Waals surface area (Å²) in [6, 6.07) is 6.34. The molecular formula is C19H23BrN6. The Morgan fingerprint density at radius 1 is 1.08 bits per heavy atom. The van der Waals surface area contributed by atoms with Crippen molar-refractivity contribution in [2.45, 2.75) is 27.3 Å². The number of hydrogen-bond acceptors (Lipinski definition) is 5. The maximum Gasteiger partial charge on any atom is 0.164 e. The summed E-state index contributed by atoms with van der Waals surface area (Å²) in [5.41, 5.74) is 4.76. The van der Waals surface area contributed by atoms with Crippen molar-refractivity contribution in [1.29, 1.82) is 0 Å². The van der Waals surface area contributed by atoms with Crippen molar-refractivity contribution in [2.24, 2.45) is 0 Å². The minimum Gasteiger partial charge on any atom is -0.368 e. The van der Waals surface area contributed by atoms with Crippen LogP contribution in [-0.4, -0.2) is 51.2 Å². The van der Waals surface area contributed by atoms with Gasteiger partial charge in [0, 0.05) is 41.7 Å². The molecule has 136 valence electrons. The molecule has 1 fully saturated rings. The van der Waals surface area contributed by atoms with Crippen LogP contribution in [0.2, 0.25) is 0 Å². The summed E-state index contributed by atoms with van der Waals surface area (Å²) < 4.78 is 1.09. The van der Waals surface area contributed by atoms with E-state index in [0.29, 0.717) is 0 Å². The largest absolute Gasteiger partial charge is 0.368 e. The summed E-state index contributed by atoms with van der Waals surface area (Å²) in [4.78, 5) is 14.1. The zero-order valence-corrected chi connectivity index (χ0v) is 17.0. The van der Waals surface area contributed by atoms with Crippen molar-refractivity contribution < 1.29 is 0 Å². The molecule has 2 aromatic heterocycles. The van der Waals surface area contributed by atoms with Gasteiger partial charge in [0.05, 0.1) is 17.7 Å². The van der Waals surface area contributed by atoms with Crippen LogP contribution in [0.4, 0.5) is 5.69 Å². The molecule has 0 bridgehead atoms. The van der Waals surface area contributed by atoms with Crippen LogP contribution in [0.25, 0.3) is 10.9 Å². The first kappa shape index (κ1) is 17.4. The fourth-order valence-corrected chi connectivity index (χ4v) is 3.99. The summed E-state index contributed by atoms with van der Waals surface area (Å²) in [6.45, 7) is 11.0. The van der Waals surface area contributed by atoms with Crippen LogP contribution in [0, 0.1) is 20.8 Å². The first-order valence-corrected chi connectivity index (χ1v) is 9.72. The van der Waals surface area contributed by atoms with E-state index in [2.05, 4.69) is 73.0 Å². The summed E-state index contributed by atoms with van der Waals surface area (Å²) in [7, 11) is 0. The smallest absolute Gasteiger partial charge is 0.164 e. The van der Waals surface area contributed by atoms with Crippen molar-refractivity contribution in [2.75, 3.05) is 31.1 Å². The number of fused-ring (bicyclic) bond motifs is 1. The Morgan fingerprint density at radius 2 is 1.85 bits per heavy atom. The van der Waals surface area contributed by atoms with Crippen molar-refractivity contribution in [3.8, 4) is 0 Å². The molecule has 0 spiro atoms. The lowest BCUT2D eigenvalue weighted by atomic mass is 10.1. The maximum absolute atomic E-state index is 4.77. The summed E-state index contributed by atoms with van der Waals surface area (Å²) in [5, 5.41) is 8.40. The first-order chi connectivity index (χ1) is 12.5. The molecule has 0 saturated carbocycles. The van der Waals surface area contributed by atoms with Gasteiger partial charge in [0.1, 0.15) is 5.82 Å². The Hall–Kier alpha value is -1.99. The quantitative estimate of drug-likeness (QED) is 0.711. The topological polar surface area (TPSA) is 60.9 Å². The predicted molar refractivity (Wildman–Crippen MR) is 108 cm³/mol. The second-order valence-electron chi connectivity index (χ2n) is 6.93. The second kappa shape index (κ2) is 6.96. The van der Waals surface area contributed by atoms with E-state index in [0.717, 1.165) is 60.1 Å². The average molecular weight is 415 g/mol. The number of piperazine rings is 1. The SMILES string of the molecule is Cc1nc(CN2CCN(c3c(C)c(C)nc4ccc(Br)cc34)CC2)n[nH]1. The molecule has 1 saturated heterocycles. The number of nitrogens with zero attached hydrogens (tertiary/aromatic N) is 5. The Balaban J connectivity index is 1.57. The van der Waals surface area contributed by atoms with Gasteiger partial charge in [0.15, 0.2) is 5.82 Å². The number of anilines is 1. The molecule has 0 amide bonds. The van der Waals surface area contributed by atoms with Gasteiger partial charge < -0.3 is 4.90 Å². The number of hydrogen-bond donors (Lipinski definition) is 1. The molecule has 1 aliphatic heterocycles. The van der Waals surface area contributed by atoms with Crippen LogP contribution in [0.1, 0.15) is 22.9 Å². The third-order valence-corrected chi connectivity index (χ3v) is 5.59. The molecule has 1 N–H and O–H groups in total. The number of H-pyrrole nitrogens is 1. The van der Waals surface area contributed by atoms with Gasteiger partial charge in [-0.1, -0.05) is 15.9 Å². The molecule has 26 heavy (non-hydrogen) atoms. The van der Waals surface area contributed by atoms with E-state index in [9.17, 15) is 0 Å². The lowest BCUT2D eigenvalue weighted by molar-refractivity contribution is 0.244. The maximum atomic E-state index is 4.77. The average Bonchev–Trinajstić information content (AvgIpc) is 3.02. The minimum absolute atomic E-state index is 0.804. The number of rotatable bonds is 3. The van der Waals surface area contributed by atoms with Crippen LogP contribution in [0.3, 0.4) is 0 Å². The fourth-order valence-electron chi connectivity index (χ4n) is 3.63. The van der Waals surface area contributed by atoms with E-state index >= 15 is 0 Å². The van der Waals surface area contributed by atoms with Crippen LogP contribution < -0.4 is 4.90 Å². The van der Waals surface area contributed by atoms with E-state index in [1.165, 1.54) is 16.6 Å². The highest BCUT2D eigenvalue weighted by atomic mass is 79.9. The number of nitrogens with one attached hydrogen (secondary N) is 1. The highest BCUT2D eigenvalue weighted by molar-refractivity contribution is 9.10. The number of aromatic nitrogens is 4. The van der Waals surface area contributed by atoms with Gasteiger partial charge in [0.25, 0.3) is 0 Å². The van der Waals surface area contributed by atoms with Crippen molar-refractivity contribution >= 4 is 32.5 Å². The third-order valence-electron chi connectivity index (χ3n) is 5.10. The molecule has 1 aromatic carbocycles. The highest BCUT2D eigenvalue weighted by Crippen LogP contribution is 2.33. The number of pyridine rings is 1. The lowest BCUT2D eigenvalue weighted by Crippen LogP contribution is -2.46. The van der Waals surface area contributed by atoms with E-state index < -0.39 is 0 Å². The van der Waals surface area contributed by atoms with Crippen LogP contribution in [0.5, 0.6) is 0 Å². The number of halogens is 1. The molecule has 7 heteroatoms. The lowest BCUT2D eigenvalue weighted by Gasteiger charge is -2.37. The van der Waals surface area contributed by atoms with Crippen molar-refractivity contribution in [1.82, 2.24) is 25.1 Å². The van der Waals surface area contributed by atoms with Crippen LogP contribution in [-0.2, 0) is 6.54 Å². The normalized spacial score (nSPS) is 15.8. The first-order valence-electron chi connectivity index (χ1n) is 8.93. The van der Waals surface area contributed by atoms with Gasteiger partial charge in [-0.25, -0.2) is 4.98 Å². The third kappa shape index (κ3) is 3.33. The van der Waals surface area contributed by atoms with E-state index in [4.69, 9.17) is 4.98 Å². The summed E-state index contributed by atoms with van der Waals surface area (Å²) in [6.07, 6.45) is 0. The Labute approximate surface area is 161 Å². The van der Waals surface area contributed by atoms with Gasteiger partial charge in [-0.2, -0.15) is 5.10 Å². The van der Waals surface area contributed by atoms with Gasteiger partial charge >= 0.3 is 0 Å². The van der Waals surface area contributed by atoms with Gasteiger partial charge in [-0.05, 0) is 44.5 Å². The second-order valence-corrected chi connectivity index (χ2v) is 7.85. The van der Waals surface area contributed by atoms with E-state index in [1.807, 2.05) is 6.92 Å². The van der Waals surface area contributed by atoms with Gasteiger partial charge in [0.2, 0.25) is 0 Å². The monoisotopic (exact) mass is 414 g/mol. The highest BCUT2D eigenvalue weighted by Gasteiger charge is 2.22. The fraction of sp³-hybridized carbons (Fsp3) is 0.421. The predicted octanol–water partition coefficient (Wildman–Crippen LogP) is 3.36. The summed E-state index contributed by atoms with van der Waals surface area (Å²) >= 11 is 3.61. The van der Waals surface area contributed by atoms with Crippen LogP contribution in [0.15, 0.2) is 22.7 Å². The number of aromatic amines is 1. The number of aryl methyl sites for hydroxylation is 2. The summed E-state index contributed by atoms with van der Waals surface area (Å²) in [5.74, 6) is 1.75. The van der Waals surface area contributed by atoms with Crippen LogP contribution >= 0.6 is 15.9 Å². The number of benzene rings is 1.